The van der Waals surface area contributed by atoms with Gasteiger partial charge in [0.25, 0.3) is 0 Å². The Labute approximate surface area is 174 Å². The molecule has 3 heterocycles. The number of benzene rings is 1. The molecule has 1 aromatic heterocycles. The predicted octanol–water partition coefficient (Wildman–Crippen LogP) is 1.91. The van der Waals surface area contributed by atoms with E-state index in [9.17, 15) is 0 Å². The Hall–Kier alpha value is -1.76. The number of likely N-dealkylation sites (N-methyl/N-ethyl adjacent to an activating group) is 1. The van der Waals surface area contributed by atoms with Crippen LogP contribution < -0.4 is 0 Å². The molecule has 0 bridgehead atoms. The van der Waals surface area contributed by atoms with Crippen LogP contribution in [0.3, 0.4) is 0 Å². The molecule has 3 aliphatic rings. The van der Waals surface area contributed by atoms with Gasteiger partial charge < -0.3 is 9.47 Å². The van der Waals surface area contributed by atoms with Crippen LogP contribution in [0.15, 0.2) is 24.3 Å². The van der Waals surface area contributed by atoms with E-state index in [0.29, 0.717) is 12.0 Å². The van der Waals surface area contributed by atoms with Crippen LogP contribution in [0.4, 0.5) is 0 Å². The Morgan fingerprint density at radius 3 is 2.17 bits per heavy atom. The summed E-state index contributed by atoms with van der Waals surface area (Å²) in [5, 5.41) is 9.20. The maximum Gasteiger partial charge on any atom is 0.146 e. The van der Waals surface area contributed by atoms with Crippen molar-refractivity contribution in [1.29, 1.82) is 0 Å². The van der Waals surface area contributed by atoms with Crippen molar-refractivity contribution in [2.45, 2.75) is 44.2 Å². The highest BCUT2D eigenvalue weighted by Gasteiger charge is 2.32. The van der Waals surface area contributed by atoms with E-state index in [0.717, 1.165) is 38.5 Å². The number of hydrogen-bond donors (Lipinski definition) is 0. The summed E-state index contributed by atoms with van der Waals surface area (Å²) < 4.78 is 2.28. The van der Waals surface area contributed by atoms with E-state index >= 15 is 0 Å². The molecule has 6 nitrogen and oxygen atoms in total. The fourth-order valence-electron chi connectivity index (χ4n) is 5.39. The number of nitrogens with zero attached hydrogens (tertiary/aromatic N) is 6. The molecule has 1 aliphatic carbocycles. The standard InChI is InChI=1S/C23H34N6/c1-26-11-13-28(14-12-26)17-22-24-25-23(27(22)2)18-7-9-29(10-8-18)21-15-19-5-3-4-6-20(19)16-21/h3-6,18,21H,7-17H2,1-2H3. The highest BCUT2D eigenvalue weighted by molar-refractivity contribution is 5.33. The molecule has 0 N–H and O–H groups in total. The van der Waals surface area contributed by atoms with Crippen molar-refractivity contribution < 1.29 is 0 Å². The first-order chi connectivity index (χ1) is 14.2. The van der Waals surface area contributed by atoms with Crippen molar-refractivity contribution in [1.82, 2.24) is 29.5 Å². The van der Waals surface area contributed by atoms with Gasteiger partial charge in [-0.25, -0.2) is 0 Å². The molecule has 0 radical (unpaired) electrons. The molecule has 2 saturated heterocycles. The molecule has 0 spiro atoms. The Balaban J connectivity index is 1.17. The summed E-state index contributed by atoms with van der Waals surface area (Å²) in [6, 6.07) is 9.68. The van der Waals surface area contributed by atoms with Gasteiger partial charge in [0, 0.05) is 45.2 Å². The average Bonchev–Trinajstić information content (AvgIpc) is 3.34. The van der Waals surface area contributed by atoms with Crippen molar-refractivity contribution in [3.05, 3.63) is 47.0 Å². The summed E-state index contributed by atoms with van der Waals surface area (Å²) in [4.78, 5) is 7.63. The number of aromatic nitrogens is 3. The number of fused-ring (bicyclic) bond motifs is 1. The first kappa shape index (κ1) is 19.2. The van der Waals surface area contributed by atoms with Gasteiger partial charge in [0.1, 0.15) is 11.6 Å². The first-order valence-corrected chi connectivity index (χ1v) is 11.3. The van der Waals surface area contributed by atoms with E-state index in [1.54, 1.807) is 11.1 Å². The summed E-state index contributed by atoms with van der Waals surface area (Å²) in [6.45, 7) is 7.84. The number of piperidine rings is 1. The third-order valence-electron chi connectivity index (χ3n) is 7.40. The van der Waals surface area contributed by atoms with E-state index in [2.05, 4.69) is 67.8 Å². The van der Waals surface area contributed by atoms with Crippen LogP contribution in [-0.4, -0.2) is 81.8 Å². The molecule has 156 valence electrons. The molecule has 6 heteroatoms. The number of piperazine rings is 1. The van der Waals surface area contributed by atoms with Crippen molar-refractivity contribution in [2.75, 3.05) is 46.3 Å². The molecule has 2 fully saturated rings. The van der Waals surface area contributed by atoms with Gasteiger partial charge in [0.15, 0.2) is 0 Å². The van der Waals surface area contributed by atoms with Crippen LogP contribution in [-0.2, 0) is 26.4 Å². The van der Waals surface area contributed by atoms with Crippen LogP contribution in [0.2, 0.25) is 0 Å². The van der Waals surface area contributed by atoms with Gasteiger partial charge in [0.2, 0.25) is 0 Å². The summed E-state index contributed by atoms with van der Waals surface area (Å²) in [5.41, 5.74) is 3.11. The van der Waals surface area contributed by atoms with Gasteiger partial charge in [0.05, 0.1) is 6.54 Å². The van der Waals surface area contributed by atoms with Crippen molar-refractivity contribution in [2.24, 2.45) is 7.05 Å². The Kier molecular flexibility index (Phi) is 5.41. The lowest BCUT2D eigenvalue weighted by Gasteiger charge is -2.35. The Morgan fingerprint density at radius 2 is 1.52 bits per heavy atom. The van der Waals surface area contributed by atoms with E-state index in [1.807, 2.05) is 0 Å². The minimum atomic E-state index is 0.550. The monoisotopic (exact) mass is 394 g/mol. The van der Waals surface area contributed by atoms with Crippen molar-refractivity contribution in [3.63, 3.8) is 0 Å². The van der Waals surface area contributed by atoms with E-state index < -0.39 is 0 Å². The van der Waals surface area contributed by atoms with Gasteiger partial charge in [-0.3, -0.25) is 9.80 Å². The summed E-state index contributed by atoms with van der Waals surface area (Å²) in [5.74, 6) is 2.87. The molecule has 29 heavy (non-hydrogen) atoms. The van der Waals surface area contributed by atoms with Crippen LogP contribution in [0, 0.1) is 0 Å². The molecular formula is C23H34N6. The van der Waals surface area contributed by atoms with Gasteiger partial charge in [-0.05, 0) is 56.9 Å². The second-order valence-electron chi connectivity index (χ2n) is 9.25. The van der Waals surface area contributed by atoms with Crippen LogP contribution in [0.1, 0.15) is 41.5 Å². The minimum absolute atomic E-state index is 0.550. The topological polar surface area (TPSA) is 40.4 Å². The quantitative estimate of drug-likeness (QED) is 0.792. The summed E-state index contributed by atoms with van der Waals surface area (Å²) in [7, 11) is 4.37. The average molecular weight is 395 g/mol. The van der Waals surface area contributed by atoms with Gasteiger partial charge in [-0.15, -0.1) is 10.2 Å². The largest absolute Gasteiger partial charge is 0.317 e. The van der Waals surface area contributed by atoms with Crippen LogP contribution >= 0.6 is 0 Å². The maximum absolute atomic E-state index is 4.63. The molecule has 0 atom stereocenters. The van der Waals surface area contributed by atoms with E-state index in [-0.39, 0.29) is 0 Å². The highest BCUT2D eigenvalue weighted by Crippen LogP contribution is 2.32. The van der Waals surface area contributed by atoms with E-state index in [4.69, 9.17) is 0 Å². The fourth-order valence-corrected chi connectivity index (χ4v) is 5.39. The van der Waals surface area contributed by atoms with Gasteiger partial charge >= 0.3 is 0 Å². The molecule has 0 amide bonds. The zero-order valence-corrected chi connectivity index (χ0v) is 17.9. The number of hydrogen-bond acceptors (Lipinski definition) is 5. The molecule has 5 rings (SSSR count). The Bertz CT molecular complexity index is 805. The van der Waals surface area contributed by atoms with Crippen molar-refractivity contribution >= 4 is 0 Å². The smallest absolute Gasteiger partial charge is 0.146 e. The van der Waals surface area contributed by atoms with Crippen LogP contribution in [0.5, 0.6) is 0 Å². The normalized spacial score (nSPS) is 23.0. The lowest BCUT2D eigenvalue weighted by Crippen LogP contribution is -2.44. The minimum Gasteiger partial charge on any atom is -0.317 e. The number of likely N-dealkylation sites (tertiary alicyclic amines) is 1. The van der Waals surface area contributed by atoms with Crippen LogP contribution in [0.25, 0.3) is 0 Å². The lowest BCUT2D eigenvalue weighted by atomic mass is 9.94. The molecule has 0 unspecified atom stereocenters. The molecule has 2 aliphatic heterocycles. The maximum atomic E-state index is 4.63. The molecule has 0 saturated carbocycles. The van der Waals surface area contributed by atoms with Gasteiger partial charge in [-0.2, -0.15) is 0 Å². The summed E-state index contributed by atoms with van der Waals surface area (Å²) >= 11 is 0. The molecular weight excluding hydrogens is 360 g/mol. The summed E-state index contributed by atoms with van der Waals surface area (Å²) in [6.07, 6.45) is 4.85. The number of rotatable bonds is 4. The zero-order valence-electron chi connectivity index (χ0n) is 17.9. The third kappa shape index (κ3) is 3.98. The van der Waals surface area contributed by atoms with E-state index in [1.165, 1.54) is 44.6 Å². The van der Waals surface area contributed by atoms with Gasteiger partial charge in [-0.1, -0.05) is 24.3 Å². The second kappa shape index (κ2) is 8.17. The third-order valence-corrected chi connectivity index (χ3v) is 7.40. The SMILES string of the molecule is CN1CCN(Cc2nnc(C3CCN(C4Cc5ccccc5C4)CC3)n2C)CC1. The Morgan fingerprint density at radius 1 is 0.862 bits per heavy atom. The molecule has 2 aromatic rings. The fraction of sp³-hybridized carbons (Fsp3) is 0.652. The zero-order chi connectivity index (χ0) is 19.8. The van der Waals surface area contributed by atoms with Crippen molar-refractivity contribution in [3.8, 4) is 0 Å². The highest BCUT2D eigenvalue weighted by atomic mass is 15.3. The predicted molar refractivity (Wildman–Crippen MR) is 115 cm³/mol. The first-order valence-electron chi connectivity index (χ1n) is 11.3. The second-order valence-corrected chi connectivity index (χ2v) is 9.25. The lowest BCUT2D eigenvalue weighted by molar-refractivity contribution is 0.143. The molecule has 1 aromatic carbocycles.